The highest BCUT2D eigenvalue weighted by molar-refractivity contribution is 7.94. The molecule has 1 heterocycles. The van der Waals surface area contributed by atoms with Crippen molar-refractivity contribution in [2.75, 3.05) is 6.61 Å². The molecule has 0 atom stereocenters. The average Bonchev–Trinajstić information content (AvgIpc) is 2.50. The van der Waals surface area contributed by atoms with E-state index in [1.165, 1.54) is 24.3 Å². The lowest BCUT2D eigenvalue weighted by Crippen LogP contribution is -2.07. The number of hydrogen-bond acceptors (Lipinski definition) is 4. The van der Waals surface area contributed by atoms with Crippen LogP contribution in [-0.2, 0) is 10.0 Å². The van der Waals surface area contributed by atoms with Crippen molar-refractivity contribution >= 4 is 15.7 Å². The van der Waals surface area contributed by atoms with Gasteiger partial charge in [-0.3, -0.25) is 0 Å². The summed E-state index contributed by atoms with van der Waals surface area (Å²) >= 11 is 0. The molecule has 0 aromatic heterocycles. The first-order chi connectivity index (χ1) is 7.97. The van der Waals surface area contributed by atoms with Crippen molar-refractivity contribution < 1.29 is 17.5 Å². The molecule has 2 rings (SSSR count). The van der Waals surface area contributed by atoms with Gasteiger partial charge in [0.25, 0.3) is 10.0 Å². The lowest BCUT2D eigenvalue weighted by Gasteiger charge is -2.03. The van der Waals surface area contributed by atoms with Crippen molar-refractivity contribution in [1.82, 2.24) is 0 Å². The second-order valence-electron chi connectivity index (χ2n) is 3.35. The number of sulfonamides is 1. The highest BCUT2D eigenvalue weighted by atomic mass is 32.2. The van der Waals surface area contributed by atoms with E-state index in [1.54, 1.807) is 6.07 Å². The Kier molecular flexibility index (Phi) is 2.84. The van der Waals surface area contributed by atoms with E-state index in [0.29, 0.717) is 5.75 Å². The molecule has 1 aromatic rings. The second-order valence-corrected chi connectivity index (χ2v) is 4.95. The van der Waals surface area contributed by atoms with E-state index < -0.39 is 15.8 Å². The SMILES string of the molecule is NC1=CC(COc2cccc(F)c2)=NS1(=O)=O. The van der Waals surface area contributed by atoms with Crippen LogP contribution in [0.3, 0.4) is 0 Å². The number of ether oxygens (including phenoxy) is 1. The third-order valence-electron chi connectivity index (χ3n) is 2.03. The number of hydrogen-bond donors (Lipinski definition) is 1. The molecule has 0 spiro atoms. The second kappa shape index (κ2) is 4.17. The van der Waals surface area contributed by atoms with Gasteiger partial charge in [-0.15, -0.1) is 0 Å². The molecule has 0 saturated carbocycles. The Balaban J connectivity index is 2.06. The van der Waals surface area contributed by atoms with Gasteiger partial charge < -0.3 is 10.5 Å². The fourth-order valence-corrected chi connectivity index (χ4v) is 2.06. The van der Waals surface area contributed by atoms with Gasteiger partial charge in [-0.1, -0.05) is 6.07 Å². The maximum absolute atomic E-state index is 12.8. The van der Waals surface area contributed by atoms with Crippen molar-refractivity contribution in [2.45, 2.75) is 0 Å². The van der Waals surface area contributed by atoms with Gasteiger partial charge in [-0.05, 0) is 12.1 Å². The first-order valence-corrected chi connectivity index (χ1v) is 6.11. The topological polar surface area (TPSA) is 81.8 Å². The van der Waals surface area contributed by atoms with Crippen molar-refractivity contribution in [3.8, 4) is 5.75 Å². The van der Waals surface area contributed by atoms with Crippen LogP contribution in [-0.4, -0.2) is 20.7 Å². The first-order valence-electron chi connectivity index (χ1n) is 4.67. The summed E-state index contributed by atoms with van der Waals surface area (Å²) in [6.07, 6.45) is 1.22. The van der Waals surface area contributed by atoms with Gasteiger partial charge in [0.2, 0.25) is 0 Å². The molecular weight excluding hydrogens is 247 g/mol. The number of nitrogens with two attached hydrogens (primary N) is 1. The molecule has 0 bridgehead atoms. The van der Waals surface area contributed by atoms with Crippen LogP contribution in [0.15, 0.2) is 39.8 Å². The van der Waals surface area contributed by atoms with Gasteiger partial charge >= 0.3 is 0 Å². The van der Waals surface area contributed by atoms with Crippen LogP contribution in [0.25, 0.3) is 0 Å². The van der Waals surface area contributed by atoms with Crippen LogP contribution in [0.1, 0.15) is 0 Å². The monoisotopic (exact) mass is 256 g/mol. The Morgan fingerprint density at radius 2 is 2.18 bits per heavy atom. The quantitative estimate of drug-likeness (QED) is 0.866. The minimum absolute atomic E-state index is 0.0800. The summed E-state index contributed by atoms with van der Waals surface area (Å²) in [6.45, 7) is -0.0800. The molecule has 2 N–H and O–H groups in total. The van der Waals surface area contributed by atoms with E-state index >= 15 is 0 Å². The standard InChI is InChI=1S/C10H9FN2O3S/c11-7-2-1-3-9(4-7)16-6-8-5-10(12)17(14,15)13-8/h1-5H,6,12H2. The Hall–Kier alpha value is -1.89. The largest absolute Gasteiger partial charge is 0.487 e. The lowest BCUT2D eigenvalue weighted by atomic mass is 10.3. The van der Waals surface area contributed by atoms with Crippen LogP contribution < -0.4 is 10.5 Å². The molecule has 1 aliphatic heterocycles. The third-order valence-corrected chi connectivity index (χ3v) is 3.22. The lowest BCUT2D eigenvalue weighted by molar-refractivity contribution is 0.375. The van der Waals surface area contributed by atoms with Gasteiger partial charge in [0, 0.05) is 12.1 Å². The maximum Gasteiger partial charge on any atom is 0.297 e. The van der Waals surface area contributed by atoms with Crippen molar-refractivity contribution in [3.05, 3.63) is 41.2 Å². The number of benzene rings is 1. The van der Waals surface area contributed by atoms with Gasteiger partial charge in [0.1, 0.15) is 18.2 Å². The fraction of sp³-hybridized carbons (Fsp3) is 0.100. The summed E-state index contributed by atoms with van der Waals surface area (Å²) in [6, 6.07) is 5.52. The Morgan fingerprint density at radius 3 is 2.76 bits per heavy atom. The molecule has 0 unspecified atom stereocenters. The molecule has 0 radical (unpaired) electrons. The molecule has 0 aliphatic carbocycles. The van der Waals surface area contributed by atoms with Crippen LogP contribution in [0, 0.1) is 5.82 Å². The van der Waals surface area contributed by atoms with Crippen LogP contribution in [0.4, 0.5) is 4.39 Å². The Morgan fingerprint density at radius 1 is 1.41 bits per heavy atom. The molecule has 5 nitrogen and oxygen atoms in total. The number of halogens is 1. The zero-order chi connectivity index (χ0) is 12.5. The van der Waals surface area contributed by atoms with Crippen molar-refractivity contribution in [1.29, 1.82) is 0 Å². The van der Waals surface area contributed by atoms with E-state index in [2.05, 4.69) is 4.40 Å². The molecule has 1 aromatic carbocycles. The Labute approximate surface area is 97.5 Å². The van der Waals surface area contributed by atoms with Crippen LogP contribution >= 0.6 is 0 Å². The minimum atomic E-state index is -3.71. The molecule has 90 valence electrons. The first kappa shape index (κ1) is 11.6. The van der Waals surface area contributed by atoms with Gasteiger partial charge in [-0.25, -0.2) is 4.39 Å². The predicted molar refractivity (Wildman–Crippen MR) is 60.5 cm³/mol. The van der Waals surface area contributed by atoms with Crippen LogP contribution in [0.2, 0.25) is 0 Å². The molecule has 0 amide bonds. The summed E-state index contributed by atoms with van der Waals surface area (Å²) in [5, 5.41) is -0.310. The average molecular weight is 256 g/mol. The number of nitrogens with zero attached hydrogens (tertiary/aromatic N) is 1. The minimum Gasteiger partial charge on any atom is -0.487 e. The highest BCUT2D eigenvalue weighted by Crippen LogP contribution is 2.15. The Bertz CT molecular complexity index is 608. The van der Waals surface area contributed by atoms with E-state index in [0.717, 1.165) is 0 Å². The molecule has 0 saturated heterocycles. The van der Waals surface area contributed by atoms with Gasteiger partial charge in [-0.2, -0.15) is 12.8 Å². The molecule has 0 fully saturated rings. The van der Waals surface area contributed by atoms with Gasteiger partial charge in [0.15, 0.2) is 5.03 Å². The van der Waals surface area contributed by atoms with Crippen molar-refractivity contribution in [3.63, 3.8) is 0 Å². The molecule has 1 aliphatic rings. The summed E-state index contributed by atoms with van der Waals surface area (Å²) in [4.78, 5) is 0. The van der Waals surface area contributed by atoms with E-state index in [-0.39, 0.29) is 17.3 Å². The molecule has 17 heavy (non-hydrogen) atoms. The van der Waals surface area contributed by atoms with Crippen LogP contribution in [0.5, 0.6) is 5.75 Å². The summed E-state index contributed by atoms with van der Waals surface area (Å²) < 4.78 is 43.7. The maximum atomic E-state index is 12.8. The summed E-state index contributed by atoms with van der Waals surface area (Å²) in [5.74, 6) is -0.137. The normalized spacial score (nSPS) is 17.5. The van der Waals surface area contributed by atoms with E-state index in [1.807, 2.05) is 0 Å². The summed E-state index contributed by atoms with van der Waals surface area (Å²) in [7, 11) is -3.71. The third kappa shape index (κ3) is 2.62. The fourth-order valence-electron chi connectivity index (χ4n) is 1.25. The van der Waals surface area contributed by atoms with E-state index in [9.17, 15) is 12.8 Å². The van der Waals surface area contributed by atoms with Crippen molar-refractivity contribution in [2.24, 2.45) is 10.1 Å². The predicted octanol–water partition coefficient (Wildman–Crippen LogP) is 0.789. The zero-order valence-electron chi connectivity index (χ0n) is 8.63. The highest BCUT2D eigenvalue weighted by Gasteiger charge is 2.21. The summed E-state index contributed by atoms with van der Waals surface area (Å²) in [5.41, 5.74) is 5.43. The van der Waals surface area contributed by atoms with E-state index in [4.69, 9.17) is 10.5 Å². The molecular formula is C10H9FN2O3S. The smallest absolute Gasteiger partial charge is 0.297 e. The number of rotatable bonds is 3. The molecule has 7 heteroatoms. The zero-order valence-corrected chi connectivity index (χ0v) is 9.45. The van der Waals surface area contributed by atoms with Gasteiger partial charge in [0.05, 0.1) is 5.71 Å².